The normalized spacial score (nSPS) is 15.7. The predicted octanol–water partition coefficient (Wildman–Crippen LogP) is 4.61. The van der Waals surface area contributed by atoms with Crippen LogP contribution < -0.4 is 20.9 Å². The van der Waals surface area contributed by atoms with Gasteiger partial charge in [-0.1, -0.05) is 0 Å². The van der Waals surface area contributed by atoms with E-state index < -0.39 is 23.9 Å². The molecule has 1 atom stereocenters. The number of aromatic amines is 1. The molecule has 12 heteroatoms. The summed E-state index contributed by atoms with van der Waals surface area (Å²) in [6, 6.07) is 9.16. The van der Waals surface area contributed by atoms with E-state index >= 15 is 0 Å². The second-order valence-corrected chi connectivity index (χ2v) is 9.29. The smallest absolute Gasteiger partial charge is 0.372 e. The Morgan fingerprint density at radius 3 is 2.55 bits per heavy atom. The lowest BCUT2D eigenvalue weighted by molar-refractivity contribution is -0.114. The molecule has 0 fully saturated rings. The van der Waals surface area contributed by atoms with Crippen LogP contribution in [-0.4, -0.2) is 68.7 Å². The molecule has 1 amide bonds. The highest BCUT2D eigenvalue weighted by Gasteiger charge is 2.38. The third kappa shape index (κ3) is 6.08. The molecule has 4 N–H and O–H groups in total. The quantitative estimate of drug-likeness (QED) is 0.319. The van der Waals surface area contributed by atoms with Crippen LogP contribution in [0.2, 0.25) is 0 Å². The molecule has 1 unspecified atom stereocenters. The number of carbonyl (C=O) groups is 1. The topological polar surface area (TPSA) is 87.8 Å². The number of allylic oxidation sites excluding steroid dienone is 1. The summed E-state index contributed by atoms with van der Waals surface area (Å²) in [6.07, 6.45) is -3.48. The minimum absolute atomic E-state index is 0.168. The van der Waals surface area contributed by atoms with Gasteiger partial charge in [-0.15, -0.1) is 0 Å². The minimum atomic E-state index is -4.69. The Labute approximate surface area is 217 Å². The summed E-state index contributed by atoms with van der Waals surface area (Å²) in [6.45, 7) is 2.90. The molecule has 2 heterocycles. The number of amides is 1. The number of aromatic nitrogens is 1. The van der Waals surface area contributed by atoms with Crippen molar-refractivity contribution in [3.05, 3.63) is 59.5 Å². The fourth-order valence-electron chi connectivity index (χ4n) is 4.15. The number of hydrogen-bond acceptors (Lipinski definition) is 6. The highest BCUT2D eigenvalue weighted by molar-refractivity contribution is 6.00. The number of carbonyl (C=O) groups excluding carboxylic acids is 1. The van der Waals surface area contributed by atoms with Gasteiger partial charge in [0.2, 0.25) is 5.91 Å². The van der Waals surface area contributed by atoms with E-state index in [0.29, 0.717) is 28.8 Å². The largest absolute Gasteiger partial charge is 0.419 e. The van der Waals surface area contributed by atoms with E-state index in [0.717, 1.165) is 18.4 Å². The highest BCUT2D eigenvalue weighted by Crippen LogP contribution is 2.36. The Balaban J connectivity index is 1.63. The van der Waals surface area contributed by atoms with Crippen LogP contribution in [0.15, 0.2) is 53.2 Å². The van der Waals surface area contributed by atoms with Crippen LogP contribution in [0.25, 0.3) is 16.6 Å². The van der Waals surface area contributed by atoms with E-state index in [1.807, 2.05) is 37.0 Å². The van der Waals surface area contributed by atoms with Gasteiger partial charge in [0.15, 0.2) is 6.29 Å². The molecule has 202 valence electrons. The van der Waals surface area contributed by atoms with Gasteiger partial charge >= 0.3 is 6.18 Å². The van der Waals surface area contributed by atoms with Crippen molar-refractivity contribution in [2.24, 2.45) is 4.99 Å². The van der Waals surface area contributed by atoms with E-state index in [9.17, 15) is 22.4 Å². The van der Waals surface area contributed by atoms with Gasteiger partial charge in [-0.2, -0.15) is 13.2 Å². The van der Waals surface area contributed by atoms with Crippen LogP contribution in [0.1, 0.15) is 12.5 Å². The molecule has 1 aliphatic heterocycles. The number of fused-ring (bicyclic) bond motifs is 1. The number of nitrogens with one attached hydrogen (secondary N) is 4. The first-order valence-electron chi connectivity index (χ1n) is 11.8. The maximum atomic E-state index is 13.9. The van der Waals surface area contributed by atoms with Gasteiger partial charge < -0.3 is 30.7 Å². The van der Waals surface area contributed by atoms with Gasteiger partial charge in [-0.25, -0.2) is 9.38 Å². The Kier molecular flexibility index (Phi) is 7.63. The van der Waals surface area contributed by atoms with Crippen molar-refractivity contribution < 1.29 is 22.4 Å². The van der Waals surface area contributed by atoms with E-state index in [1.165, 1.54) is 31.3 Å². The molecule has 0 saturated carbocycles. The fourth-order valence-corrected chi connectivity index (χ4v) is 4.15. The summed E-state index contributed by atoms with van der Waals surface area (Å²) < 4.78 is 55.6. The van der Waals surface area contributed by atoms with Crippen LogP contribution in [-0.2, 0) is 4.79 Å². The van der Waals surface area contributed by atoms with Gasteiger partial charge in [0.25, 0.3) is 0 Å². The fraction of sp³-hybridized carbons (Fsp3) is 0.308. The van der Waals surface area contributed by atoms with Gasteiger partial charge in [0.05, 0.1) is 22.6 Å². The summed E-state index contributed by atoms with van der Waals surface area (Å²) in [5.74, 6) is -0.822. The number of anilines is 3. The lowest BCUT2D eigenvalue weighted by Gasteiger charge is -2.28. The highest BCUT2D eigenvalue weighted by atomic mass is 19.4. The molecule has 0 saturated heterocycles. The third-order valence-corrected chi connectivity index (χ3v) is 6.03. The monoisotopic (exact) mass is 531 g/mol. The average molecular weight is 532 g/mol. The minimum Gasteiger partial charge on any atom is -0.372 e. The number of aliphatic imine (C=N–C) groups is 1. The van der Waals surface area contributed by atoms with Gasteiger partial charge in [-0.05, 0) is 50.5 Å². The maximum absolute atomic E-state index is 13.9. The summed E-state index contributed by atoms with van der Waals surface area (Å²) in [4.78, 5) is 22.8. The van der Waals surface area contributed by atoms with Crippen molar-refractivity contribution in [2.45, 2.75) is 19.4 Å². The number of halogens is 4. The van der Waals surface area contributed by atoms with Crippen molar-refractivity contribution in [1.82, 2.24) is 15.2 Å². The zero-order chi connectivity index (χ0) is 27.6. The van der Waals surface area contributed by atoms with Crippen molar-refractivity contribution in [3.8, 4) is 0 Å². The predicted molar refractivity (Wildman–Crippen MR) is 143 cm³/mol. The second kappa shape index (κ2) is 10.7. The average Bonchev–Trinajstić information content (AvgIpc) is 3.24. The van der Waals surface area contributed by atoms with Gasteiger partial charge in [0, 0.05) is 61.6 Å². The number of hydrogen-bond donors (Lipinski definition) is 4. The molecule has 8 nitrogen and oxygen atoms in total. The summed E-state index contributed by atoms with van der Waals surface area (Å²) in [5.41, 5.74) is 1.31. The Bertz CT molecular complexity index is 1390. The standard InChI is InChI=1S/C26H29F4N7O/c1-15(38)33-22-12-17(6-8-23(22)37(4)10-9-36(2)3)34-25-32-14-20(26(28,29)30)24(35-25)19-13-31-21-7-5-16(27)11-18(19)21/h5-8,11-14,25,31,34-35H,9-10H2,1-4H3,(H,33,38). The third-order valence-electron chi connectivity index (χ3n) is 6.03. The van der Waals surface area contributed by atoms with Crippen LogP contribution in [0.5, 0.6) is 0 Å². The summed E-state index contributed by atoms with van der Waals surface area (Å²) >= 11 is 0. The van der Waals surface area contributed by atoms with Gasteiger partial charge in [0.1, 0.15) is 5.82 Å². The summed E-state index contributed by atoms with van der Waals surface area (Å²) in [7, 11) is 5.84. The first kappa shape index (κ1) is 27.0. The number of alkyl halides is 3. The van der Waals surface area contributed by atoms with E-state index in [1.54, 1.807) is 12.1 Å². The molecule has 0 aliphatic carbocycles. The van der Waals surface area contributed by atoms with E-state index in [4.69, 9.17) is 0 Å². The molecule has 0 radical (unpaired) electrons. The Morgan fingerprint density at radius 1 is 1.11 bits per heavy atom. The van der Waals surface area contributed by atoms with Crippen LogP contribution in [0, 0.1) is 5.82 Å². The zero-order valence-electron chi connectivity index (χ0n) is 21.4. The summed E-state index contributed by atoms with van der Waals surface area (Å²) in [5, 5.41) is 8.99. The SMILES string of the molecule is CC(=O)Nc1cc(NC2N=CC(C(F)(F)F)=C(c3c[nH]c4ccc(F)cc34)N2)ccc1N(C)CCN(C)C. The van der Waals surface area contributed by atoms with Gasteiger partial charge in [-0.3, -0.25) is 4.79 Å². The molecule has 2 aromatic carbocycles. The maximum Gasteiger partial charge on any atom is 0.419 e. The Morgan fingerprint density at radius 2 is 1.87 bits per heavy atom. The molecule has 3 aromatic rings. The van der Waals surface area contributed by atoms with Crippen molar-refractivity contribution >= 4 is 45.8 Å². The molecular formula is C26H29F4N7O. The van der Waals surface area contributed by atoms with E-state index in [2.05, 4.69) is 25.9 Å². The molecule has 1 aromatic heterocycles. The second-order valence-electron chi connectivity index (χ2n) is 9.29. The number of rotatable bonds is 8. The first-order valence-corrected chi connectivity index (χ1v) is 11.8. The number of H-pyrrole nitrogens is 1. The lowest BCUT2D eigenvalue weighted by Crippen LogP contribution is -2.39. The lowest BCUT2D eigenvalue weighted by atomic mass is 10.0. The molecule has 1 aliphatic rings. The van der Waals surface area contributed by atoms with Crippen LogP contribution in [0.3, 0.4) is 0 Å². The van der Waals surface area contributed by atoms with Crippen molar-refractivity contribution in [1.29, 1.82) is 0 Å². The first-order chi connectivity index (χ1) is 17.9. The molecule has 38 heavy (non-hydrogen) atoms. The number of likely N-dealkylation sites (N-methyl/N-ethyl adjacent to an activating group) is 2. The van der Waals surface area contributed by atoms with Crippen LogP contribution >= 0.6 is 0 Å². The zero-order valence-corrected chi connectivity index (χ0v) is 21.4. The number of benzene rings is 2. The molecule has 0 spiro atoms. The molecule has 0 bridgehead atoms. The van der Waals surface area contributed by atoms with Crippen molar-refractivity contribution in [3.63, 3.8) is 0 Å². The molecular weight excluding hydrogens is 502 g/mol. The Hall–Kier alpha value is -4.06. The van der Waals surface area contributed by atoms with Crippen LogP contribution in [0.4, 0.5) is 34.6 Å². The van der Waals surface area contributed by atoms with Crippen molar-refractivity contribution in [2.75, 3.05) is 49.8 Å². The molecule has 4 rings (SSSR count). The van der Waals surface area contributed by atoms with E-state index in [-0.39, 0.29) is 17.2 Å². The number of nitrogens with zero attached hydrogens (tertiary/aromatic N) is 3.